The third kappa shape index (κ3) is 12.1. The zero-order valence-electron chi connectivity index (χ0n) is 29.4. The maximum atomic E-state index is 12.5. The summed E-state index contributed by atoms with van der Waals surface area (Å²) in [5, 5.41) is 21.2. The van der Waals surface area contributed by atoms with Crippen LogP contribution in [0.1, 0.15) is 85.3 Å². The van der Waals surface area contributed by atoms with Crippen molar-refractivity contribution < 1.29 is 29.4 Å². The van der Waals surface area contributed by atoms with E-state index < -0.39 is 6.29 Å². The smallest absolute Gasteiger partial charge is 0.243 e. The molecule has 51 heavy (non-hydrogen) atoms. The molecule has 3 atom stereocenters. The molecule has 0 spiro atoms. The van der Waals surface area contributed by atoms with Crippen LogP contribution in [0.25, 0.3) is 11.1 Å². The number of pyridine rings is 1. The number of ether oxygens (including phenoxy) is 2. The van der Waals surface area contributed by atoms with Crippen molar-refractivity contribution in [1.82, 2.24) is 20.7 Å². The standard InChI is InChI=1S/C41H50N4O6/c1-45(23-21-36-14-6-7-22-42-36)28-37-26-38(32-19-17-30(29-46)18-20-32)51-41(50-37)35-13-9-12-34(25-35)33-11-8-10-31(24-33)27-43-39(47)15-4-2-3-5-16-40(48)44-49/h6-14,17-20,22,24-25,37-38,41,46,49H,2-5,15-16,21,23,26-29H2,1H3,(H,43,47)(H,44,48). The normalized spacial score (nSPS) is 17.3. The lowest BCUT2D eigenvalue weighted by Crippen LogP contribution is -2.38. The average molecular weight is 695 g/mol. The summed E-state index contributed by atoms with van der Waals surface area (Å²) >= 11 is 0. The molecular formula is C41H50N4O6. The fourth-order valence-electron chi connectivity index (χ4n) is 6.32. The number of nitrogens with one attached hydrogen (secondary N) is 2. The Morgan fingerprint density at radius 2 is 1.57 bits per heavy atom. The highest BCUT2D eigenvalue weighted by atomic mass is 16.7. The van der Waals surface area contributed by atoms with Crippen LogP contribution in [0.2, 0.25) is 0 Å². The molecule has 1 aromatic heterocycles. The van der Waals surface area contributed by atoms with Gasteiger partial charge in [-0.25, -0.2) is 5.48 Å². The molecule has 1 fully saturated rings. The summed E-state index contributed by atoms with van der Waals surface area (Å²) in [5.74, 6) is -0.382. The van der Waals surface area contributed by atoms with Crippen molar-refractivity contribution in [3.05, 3.63) is 125 Å². The number of carbonyl (C=O) groups is 2. The van der Waals surface area contributed by atoms with Gasteiger partial charge in [-0.3, -0.25) is 19.8 Å². The Kier molecular flexibility index (Phi) is 14.7. The Morgan fingerprint density at radius 3 is 2.29 bits per heavy atom. The maximum absolute atomic E-state index is 12.5. The zero-order valence-corrected chi connectivity index (χ0v) is 29.4. The number of carbonyl (C=O) groups excluding carboxylic acids is 2. The highest BCUT2D eigenvalue weighted by molar-refractivity contribution is 5.76. The number of benzene rings is 3. The summed E-state index contributed by atoms with van der Waals surface area (Å²) < 4.78 is 13.3. The minimum absolute atomic E-state index is 0.000385. The van der Waals surface area contributed by atoms with Crippen LogP contribution < -0.4 is 10.8 Å². The Bertz CT molecular complexity index is 1670. The van der Waals surface area contributed by atoms with Crippen molar-refractivity contribution in [2.24, 2.45) is 0 Å². The van der Waals surface area contributed by atoms with Gasteiger partial charge in [0.15, 0.2) is 6.29 Å². The van der Waals surface area contributed by atoms with Crippen LogP contribution in [0.4, 0.5) is 0 Å². The first kappa shape index (κ1) is 37.8. The largest absolute Gasteiger partial charge is 0.392 e. The second kappa shape index (κ2) is 19.8. The van der Waals surface area contributed by atoms with Crippen LogP contribution in [0.15, 0.2) is 97.2 Å². The first-order chi connectivity index (χ1) is 24.9. The number of aromatic nitrogens is 1. The molecule has 5 rings (SSSR count). The second-order valence-corrected chi connectivity index (χ2v) is 13.2. The van der Waals surface area contributed by atoms with Crippen molar-refractivity contribution in [3.8, 4) is 11.1 Å². The van der Waals surface area contributed by atoms with Crippen molar-refractivity contribution >= 4 is 11.8 Å². The van der Waals surface area contributed by atoms with E-state index in [1.54, 1.807) is 5.48 Å². The highest BCUT2D eigenvalue weighted by Gasteiger charge is 2.33. The van der Waals surface area contributed by atoms with E-state index in [2.05, 4.69) is 52.6 Å². The lowest BCUT2D eigenvalue weighted by Gasteiger charge is -2.38. The van der Waals surface area contributed by atoms with Crippen LogP contribution >= 0.6 is 0 Å². The molecule has 1 aliphatic rings. The number of likely N-dealkylation sites (N-methyl/N-ethyl adjacent to an activating group) is 1. The third-order valence-electron chi connectivity index (χ3n) is 9.20. The Balaban J connectivity index is 1.21. The zero-order chi connectivity index (χ0) is 35.8. The molecule has 3 aromatic carbocycles. The first-order valence-corrected chi connectivity index (χ1v) is 17.9. The predicted molar refractivity (Wildman–Crippen MR) is 195 cm³/mol. The molecule has 0 bridgehead atoms. The Morgan fingerprint density at radius 1 is 0.824 bits per heavy atom. The summed E-state index contributed by atoms with van der Waals surface area (Å²) in [5.41, 5.74) is 8.63. The maximum Gasteiger partial charge on any atom is 0.243 e. The topological polar surface area (TPSA) is 133 Å². The predicted octanol–water partition coefficient (Wildman–Crippen LogP) is 6.42. The van der Waals surface area contributed by atoms with E-state index in [-0.39, 0.29) is 37.0 Å². The number of unbranched alkanes of at least 4 members (excludes halogenated alkanes) is 3. The fourth-order valence-corrected chi connectivity index (χ4v) is 6.32. The lowest BCUT2D eigenvalue weighted by molar-refractivity contribution is -0.252. The minimum Gasteiger partial charge on any atom is -0.392 e. The van der Waals surface area contributed by atoms with Gasteiger partial charge in [-0.15, -0.1) is 0 Å². The van der Waals surface area contributed by atoms with Gasteiger partial charge in [-0.1, -0.05) is 79.6 Å². The van der Waals surface area contributed by atoms with Crippen molar-refractivity contribution in [2.75, 3.05) is 20.1 Å². The van der Waals surface area contributed by atoms with Gasteiger partial charge in [-0.05, 0) is 72.0 Å². The summed E-state index contributed by atoms with van der Waals surface area (Å²) in [6.45, 7) is 2.04. The third-order valence-corrected chi connectivity index (χ3v) is 9.20. The first-order valence-electron chi connectivity index (χ1n) is 17.9. The fraction of sp³-hybridized carbons (Fsp3) is 0.390. The molecular weight excluding hydrogens is 644 g/mol. The molecule has 10 heteroatoms. The van der Waals surface area contributed by atoms with E-state index in [0.29, 0.717) is 25.8 Å². The van der Waals surface area contributed by atoms with Crippen LogP contribution in [-0.4, -0.2) is 58.3 Å². The van der Waals surface area contributed by atoms with E-state index in [1.165, 1.54) is 0 Å². The van der Waals surface area contributed by atoms with Gasteiger partial charge >= 0.3 is 0 Å². The van der Waals surface area contributed by atoms with E-state index in [1.807, 2.05) is 66.9 Å². The number of aliphatic hydroxyl groups excluding tert-OH is 1. The number of nitrogens with zero attached hydrogens (tertiary/aromatic N) is 2. The molecule has 0 radical (unpaired) electrons. The second-order valence-electron chi connectivity index (χ2n) is 13.2. The minimum atomic E-state index is -0.565. The van der Waals surface area contributed by atoms with Crippen LogP contribution in [0.3, 0.4) is 0 Å². The van der Waals surface area contributed by atoms with Gasteiger partial charge in [0.2, 0.25) is 11.8 Å². The Labute approximate surface area is 300 Å². The van der Waals surface area contributed by atoms with Crippen molar-refractivity contribution in [2.45, 2.75) is 83.0 Å². The molecule has 2 heterocycles. The molecule has 1 saturated heterocycles. The van der Waals surface area contributed by atoms with E-state index >= 15 is 0 Å². The summed E-state index contributed by atoms with van der Waals surface area (Å²) in [6.07, 6.45) is 6.44. The van der Waals surface area contributed by atoms with Gasteiger partial charge in [0.25, 0.3) is 0 Å². The molecule has 2 amide bonds. The molecule has 4 aromatic rings. The number of hydrogen-bond acceptors (Lipinski definition) is 8. The van der Waals surface area contributed by atoms with Gasteiger partial charge in [-0.2, -0.15) is 0 Å². The number of rotatable bonds is 18. The van der Waals surface area contributed by atoms with Crippen molar-refractivity contribution in [1.29, 1.82) is 0 Å². The quantitative estimate of drug-likeness (QED) is 0.0533. The number of aliphatic hydroxyl groups is 1. The summed E-state index contributed by atoms with van der Waals surface area (Å²) in [7, 11) is 2.11. The number of hydrogen-bond donors (Lipinski definition) is 4. The molecule has 0 aliphatic carbocycles. The van der Waals surface area contributed by atoms with Crippen LogP contribution in [0, 0.1) is 0 Å². The molecule has 3 unspecified atom stereocenters. The van der Waals surface area contributed by atoms with Crippen molar-refractivity contribution in [3.63, 3.8) is 0 Å². The van der Waals surface area contributed by atoms with E-state index in [0.717, 1.165) is 77.8 Å². The van der Waals surface area contributed by atoms with E-state index in [9.17, 15) is 14.7 Å². The van der Waals surface area contributed by atoms with E-state index in [4.69, 9.17) is 14.7 Å². The molecule has 270 valence electrons. The van der Waals surface area contributed by atoms with Gasteiger partial charge in [0.05, 0.1) is 18.8 Å². The summed E-state index contributed by atoms with van der Waals surface area (Å²) in [6, 6.07) is 30.4. The molecule has 0 saturated carbocycles. The molecule has 1 aliphatic heterocycles. The number of amides is 2. The molecule has 4 N–H and O–H groups in total. The monoisotopic (exact) mass is 694 g/mol. The van der Waals surface area contributed by atoms with Crippen LogP contribution in [-0.2, 0) is 38.6 Å². The SMILES string of the molecule is CN(CCc1ccccn1)CC1CC(c2ccc(CO)cc2)OC(c2cccc(-c3cccc(CNC(=O)CCCCCCC(=O)NO)c3)c2)O1. The lowest BCUT2D eigenvalue weighted by atomic mass is 9.98. The average Bonchev–Trinajstić information content (AvgIpc) is 3.18. The number of hydroxylamine groups is 1. The van der Waals surface area contributed by atoms with Gasteiger partial charge in [0, 0.05) is 62.8 Å². The summed E-state index contributed by atoms with van der Waals surface area (Å²) in [4.78, 5) is 30.3. The highest BCUT2D eigenvalue weighted by Crippen LogP contribution is 2.39. The van der Waals surface area contributed by atoms with Crippen LogP contribution in [0.5, 0.6) is 0 Å². The van der Waals surface area contributed by atoms with Gasteiger partial charge < -0.3 is 24.8 Å². The van der Waals surface area contributed by atoms with Gasteiger partial charge in [0.1, 0.15) is 0 Å². The Hall–Kier alpha value is -4.45. The molecule has 10 nitrogen and oxygen atoms in total.